The molecule has 0 aliphatic carbocycles. The summed E-state index contributed by atoms with van der Waals surface area (Å²) in [6.45, 7) is 3.45. The summed E-state index contributed by atoms with van der Waals surface area (Å²) in [5.41, 5.74) is 4.05. The van der Waals surface area contributed by atoms with Crippen LogP contribution in [0.3, 0.4) is 0 Å². The minimum Gasteiger partial charge on any atom is -0.371 e. The van der Waals surface area contributed by atoms with Gasteiger partial charge < -0.3 is 4.90 Å². The first kappa shape index (κ1) is 15.7. The van der Waals surface area contributed by atoms with Gasteiger partial charge in [-0.2, -0.15) is 0 Å². The molecule has 1 amide bonds. The van der Waals surface area contributed by atoms with Crippen molar-refractivity contribution in [2.24, 2.45) is 0 Å². The van der Waals surface area contributed by atoms with Crippen LogP contribution in [0.4, 0.5) is 11.4 Å². The Morgan fingerprint density at radius 2 is 1.70 bits per heavy atom. The molecule has 2 aliphatic heterocycles. The highest BCUT2D eigenvalue weighted by molar-refractivity contribution is 6.00. The zero-order chi connectivity index (χ0) is 16.2. The van der Waals surface area contributed by atoms with Crippen LogP contribution in [0.5, 0.6) is 0 Å². The molecular formula is C16H22N4O3. The number of nitro benzene ring substituents is 1. The number of anilines is 1. The van der Waals surface area contributed by atoms with E-state index in [4.69, 9.17) is 0 Å². The summed E-state index contributed by atoms with van der Waals surface area (Å²) in [4.78, 5) is 25.4. The molecule has 0 bridgehead atoms. The lowest BCUT2D eigenvalue weighted by atomic mass is 10.1. The highest BCUT2D eigenvalue weighted by Crippen LogP contribution is 2.28. The number of nitrogens with zero attached hydrogens (tertiary/aromatic N) is 3. The van der Waals surface area contributed by atoms with Crippen molar-refractivity contribution in [1.82, 2.24) is 10.4 Å². The van der Waals surface area contributed by atoms with Crippen molar-refractivity contribution in [2.45, 2.75) is 32.1 Å². The number of carbonyl (C=O) groups is 1. The Labute approximate surface area is 135 Å². The molecule has 124 valence electrons. The van der Waals surface area contributed by atoms with Gasteiger partial charge in [-0.05, 0) is 31.7 Å². The second kappa shape index (κ2) is 6.95. The summed E-state index contributed by atoms with van der Waals surface area (Å²) < 4.78 is 0. The van der Waals surface area contributed by atoms with Gasteiger partial charge in [-0.3, -0.25) is 20.3 Å². The Kier molecular flexibility index (Phi) is 4.76. The van der Waals surface area contributed by atoms with E-state index in [1.54, 1.807) is 6.07 Å². The molecule has 0 aromatic heterocycles. The van der Waals surface area contributed by atoms with E-state index in [2.05, 4.69) is 10.3 Å². The molecule has 2 heterocycles. The van der Waals surface area contributed by atoms with Crippen LogP contribution >= 0.6 is 0 Å². The first-order valence-electron chi connectivity index (χ1n) is 8.24. The number of piperidine rings is 1. The molecule has 2 fully saturated rings. The van der Waals surface area contributed by atoms with Gasteiger partial charge in [0, 0.05) is 38.3 Å². The summed E-state index contributed by atoms with van der Waals surface area (Å²) in [6, 6.07) is 4.58. The van der Waals surface area contributed by atoms with Crippen LogP contribution in [0.1, 0.15) is 42.5 Å². The van der Waals surface area contributed by atoms with Crippen molar-refractivity contribution >= 4 is 17.3 Å². The van der Waals surface area contributed by atoms with Crippen molar-refractivity contribution in [3.63, 3.8) is 0 Å². The Bertz CT molecular complexity index is 593. The maximum absolute atomic E-state index is 12.7. The second-order valence-electron chi connectivity index (χ2n) is 6.14. The average molecular weight is 318 g/mol. The number of carbonyl (C=O) groups excluding carboxylic acids is 1. The van der Waals surface area contributed by atoms with E-state index in [1.165, 1.54) is 18.6 Å². The van der Waals surface area contributed by atoms with Crippen molar-refractivity contribution in [3.05, 3.63) is 33.9 Å². The summed E-state index contributed by atoms with van der Waals surface area (Å²) in [6.07, 6.45) is 5.49. The fourth-order valence-electron chi connectivity index (χ4n) is 3.26. The summed E-state index contributed by atoms with van der Waals surface area (Å²) in [5.74, 6) is -0.252. The molecule has 1 N–H and O–H groups in total. The SMILES string of the molecule is O=C(NN1CCCCC1)c1cc([N+](=O)[O-])ccc1N1CCCC1. The van der Waals surface area contributed by atoms with Crippen LogP contribution in [0.15, 0.2) is 18.2 Å². The number of benzene rings is 1. The van der Waals surface area contributed by atoms with Crippen LogP contribution < -0.4 is 10.3 Å². The molecule has 0 spiro atoms. The lowest BCUT2D eigenvalue weighted by molar-refractivity contribution is -0.384. The number of hydrogen-bond donors (Lipinski definition) is 1. The summed E-state index contributed by atoms with van der Waals surface area (Å²) in [5, 5.41) is 13.0. The topological polar surface area (TPSA) is 78.7 Å². The summed E-state index contributed by atoms with van der Waals surface area (Å²) in [7, 11) is 0. The number of hydrogen-bond acceptors (Lipinski definition) is 5. The van der Waals surface area contributed by atoms with Gasteiger partial charge in [-0.25, -0.2) is 5.01 Å². The van der Waals surface area contributed by atoms with Gasteiger partial charge in [-0.15, -0.1) is 0 Å². The summed E-state index contributed by atoms with van der Waals surface area (Å²) >= 11 is 0. The molecule has 23 heavy (non-hydrogen) atoms. The molecule has 7 nitrogen and oxygen atoms in total. The Hall–Kier alpha value is -2.15. The molecule has 2 saturated heterocycles. The van der Waals surface area contributed by atoms with Gasteiger partial charge >= 0.3 is 0 Å². The Balaban J connectivity index is 1.85. The molecule has 3 rings (SSSR count). The monoisotopic (exact) mass is 318 g/mol. The van der Waals surface area contributed by atoms with E-state index in [0.717, 1.165) is 57.5 Å². The van der Waals surface area contributed by atoms with E-state index in [9.17, 15) is 14.9 Å². The van der Waals surface area contributed by atoms with Gasteiger partial charge in [0.05, 0.1) is 16.2 Å². The largest absolute Gasteiger partial charge is 0.371 e. The van der Waals surface area contributed by atoms with E-state index in [-0.39, 0.29) is 11.6 Å². The van der Waals surface area contributed by atoms with E-state index in [0.29, 0.717) is 5.56 Å². The maximum Gasteiger partial charge on any atom is 0.270 e. The fraction of sp³-hybridized carbons (Fsp3) is 0.562. The predicted molar refractivity (Wildman–Crippen MR) is 87.4 cm³/mol. The number of nitrogens with one attached hydrogen (secondary N) is 1. The number of rotatable bonds is 4. The normalized spacial score (nSPS) is 18.9. The smallest absolute Gasteiger partial charge is 0.270 e. The van der Waals surface area contributed by atoms with Crippen LogP contribution in [0.2, 0.25) is 0 Å². The first-order valence-corrected chi connectivity index (χ1v) is 8.24. The number of hydrazine groups is 1. The number of nitro groups is 1. The quantitative estimate of drug-likeness (QED) is 0.681. The molecule has 1 aromatic rings. The highest BCUT2D eigenvalue weighted by Gasteiger charge is 2.24. The minimum atomic E-state index is -0.453. The molecule has 0 atom stereocenters. The first-order chi connectivity index (χ1) is 11.1. The maximum atomic E-state index is 12.7. The molecule has 1 aromatic carbocycles. The van der Waals surface area contributed by atoms with E-state index in [1.807, 2.05) is 5.01 Å². The molecule has 0 saturated carbocycles. The average Bonchev–Trinajstić information content (AvgIpc) is 3.09. The predicted octanol–water partition coefficient (Wildman–Crippen LogP) is 2.33. The third-order valence-electron chi connectivity index (χ3n) is 4.50. The molecule has 0 radical (unpaired) electrons. The van der Waals surface area contributed by atoms with Gasteiger partial charge in [0.2, 0.25) is 0 Å². The van der Waals surface area contributed by atoms with Crippen molar-refractivity contribution in [1.29, 1.82) is 0 Å². The minimum absolute atomic E-state index is 0.0447. The van der Waals surface area contributed by atoms with Gasteiger partial charge in [0.15, 0.2) is 0 Å². The van der Waals surface area contributed by atoms with Crippen molar-refractivity contribution < 1.29 is 9.72 Å². The van der Waals surface area contributed by atoms with Crippen LogP contribution in [0.25, 0.3) is 0 Å². The lowest BCUT2D eigenvalue weighted by Crippen LogP contribution is -2.45. The van der Waals surface area contributed by atoms with E-state index >= 15 is 0 Å². The number of non-ortho nitro benzene ring substituents is 1. The van der Waals surface area contributed by atoms with Crippen LogP contribution in [-0.4, -0.2) is 42.0 Å². The zero-order valence-electron chi connectivity index (χ0n) is 13.2. The molecule has 0 unspecified atom stereocenters. The standard InChI is InChI=1S/C16H22N4O3/c21-16(17-19-10-2-1-3-11-19)14-12-13(20(22)23)6-7-15(14)18-8-4-5-9-18/h6-7,12H,1-5,8-11H2,(H,17,21). The third kappa shape index (κ3) is 3.61. The van der Waals surface area contributed by atoms with Crippen LogP contribution in [0, 0.1) is 10.1 Å². The third-order valence-corrected chi connectivity index (χ3v) is 4.50. The number of amides is 1. The Morgan fingerprint density at radius 1 is 1.04 bits per heavy atom. The molecule has 2 aliphatic rings. The van der Waals surface area contributed by atoms with Gasteiger partial charge in [-0.1, -0.05) is 6.42 Å². The molecular weight excluding hydrogens is 296 g/mol. The lowest BCUT2D eigenvalue weighted by Gasteiger charge is -2.28. The second-order valence-corrected chi connectivity index (χ2v) is 6.14. The fourth-order valence-corrected chi connectivity index (χ4v) is 3.26. The van der Waals surface area contributed by atoms with Gasteiger partial charge in [0.1, 0.15) is 0 Å². The van der Waals surface area contributed by atoms with Crippen molar-refractivity contribution in [2.75, 3.05) is 31.1 Å². The van der Waals surface area contributed by atoms with Crippen molar-refractivity contribution in [3.8, 4) is 0 Å². The van der Waals surface area contributed by atoms with Crippen LogP contribution in [-0.2, 0) is 0 Å². The van der Waals surface area contributed by atoms with Gasteiger partial charge in [0.25, 0.3) is 11.6 Å². The highest BCUT2D eigenvalue weighted by atomic mass is 16.6. The Morgan fingerprint density at radius 3 is 2.35 bits per heavy atom. The van der Waals surface area contributed by atoms with E-state index < -0.39 is 4.92 Å². The zero-order valence-corrected chi connectivity index (χ0v) is 13.2. The molecule has 7 heteroatoms.